The second-order valence-electron chi connectivity index (χ2n) is 6.21. The highest BCUT2D eigenvalue weighted by molar-refractivity contribution is 14.0. The summed E-state index contributed by atoms with van der Waals surface area (Å²) in [4.78, 5) is 6.47. The van der Waals surface area contributed by atoms with Crippen LogP contribution in [0.15, 0.2) is 29.3 Å². The molecule has 2 rings (SSSR count). The minimum absolute atomic E-state index is 0. The SMILES string of the molecule is CN=C(NCCCOC1CCOCC1)N(C)Cc1ccc(OC)cc1.I. The number of hydrogen-bond acceptors (Lipinski definition) is 4. The number of ether oxygens (including phenoxy) is 3. The monoisotopic (exact) mass is 477 g/mol. The highest BCUT2D eigenvalue weighted by Gasteiger charge is 2.13. The average Bonchev–Trinajstić information content (AvgIpc) is 2.66. The summed E-state index contributed by atoms with van der Waals surface area (Å²) in [6.07, 6.45) is 3.36. The molecule has 0 bridgehead atoms. The zero-order chi connectivity index (χ0) is 17.9. The van der Waals surface area contributed by atoms with Gasteiger partial charge in [-0.05, 0) is 37.0 Å². The van der Waals surface area contributed by atoms with Crippen LogP contribution in [-0.4, -0.2) is 64.5 Å². The van der Waals surface area contributed by atoms with Gasteiger partial charge >= 0.3 is 0 Å². The Kier molecular flexibility index (Phi) is 11.6. The van der Waals surface area contributed by atoms with Crippen LogP contribution in [0.25, 0.3) is 0 Å². The molecule has 7 heteroatoms. The third-order valence-electron chi connectivity index (χ3n) is 4.28. The minimum atomic E-state index is 0. The van der Waals surface area contributed by atoms with Gasteiger partial charge in [0.15, 0.2) is 5.96 Å². The third kappa shape index (κ3) is 8.09. The van der Waals surface area contributed by atoms with Crippen molar-refractivity contribution in [2.75, 3.05) is 47.6 Å². The molecule has 0 amide bonds. The maximum atomic E-state index is 5.89. The Hall–Kier alpha value is -1.06. The molecule has 1 heterocycles. The first kappa shape index (κ1) is 23.0. The summed E-state index contributed by atoms with van der Waals surface area (Å²) in [5.74, 6) is 1.76. The Bertz CT molecular complexity index is 519. The van der Waals surface area contributed by atoms with Crippen molar-refractivity contribution in [2.24, 2.45) is 4.99 Å². The number of nitrogens with one attached hydrogen (secondary N) is 1. The topological polar surface area (TPSA) is 55.3 Å². The van der Waals surface area contributed by atoms with Gasteiger partial charge < -0.3 is 24.4 Å². The molecule has 0 aromatic heterocycles. The lowest BCUT2D eigenvalue weighted by molar-refractivity contribution is -0.0320. The highest BCUT2D eigenvalue weighted by atomic mass is 127. The van der Waals surface area contributed by atoms with Gasteiger partial charge in [-0.2, -0.15) is 0 Å². The second-order valence-corrected chi connectivity index (χ2v) is 6.21. The van der Waals surface area contributed by atoms with Crippen LogP contribution in [0.1, 0.15) is 24.8 Å². The molecule has 1 saturated heterocycles. The van der Waals surface area contributed by atoms with Crippen LogP contribution in [0, 0.1) is 0 Å². The summed E-state index contributed by atoms with van der Waals surface area (Å²) < 4.78 is 16.4. The van der Waals surface area contributed by atoms with Gasteiger partial charge in [-0.15, -0.1) is 24.0 Å². The molecule has 1 N–H and O–H groups in total. The van der Waals surface area contributed by atoms with Gasteiger partial charge in [-0.25, -0.2) is 0 Å². The predicted molar refractivity (Wildman–Crippen MR) is 116 cm³/mol. The van der Waals surface area contributed by atoms with Gasteiger partial charge in [0.1, 0.15) is 5.75 Å². The number of nitrogens with zero attached hydrogens (tertiary/aromatic N) is 2. The van der Waals surface area contributed by atoms with Crippen LogP contribution >= 0.6 is 24.0 Å². The quantitative estimate of drug-likeness (QED) is 0.270. The molecule has 0 spiro atoms. The fourth-order valence-electron chi connectivity index (χ4n) is 2.83. The molecule has 0 atom stereocenters. The molecule has 1 aromatic carbocycles. The molecular formula is C19H32IN3O3. The molecule has 1 fully saturated rings. The lowest BCUT2D eigenvalue weighted by atomic mass is 10.1. The van der Waals surface area contributed by atoms with E-state index in [0.717, 1.165) is 63.9 Å². The molecule has 148 valence electrons. The zero-order valence-corrected chi connectivity index (χ0v) is 18.4. The maximum absolute atomic E-state index is 5.89. The first-order chi connectivity index (χ1) is 12.2. The highest BCUT2D eigenvalue weighted by Crippen LogP contribution is 2.13. The molecule has 1 aliphatic rings. The Labute approximate surface area is 174 Å². The van der Waals surface area contributed by atoms with E-state index in [1.807, 2.05) is 26.2 Å². The Balaban J connectivity index is 0.00000338. The largest absolute Gasteiger partial charge is 0.497 e. The standard InChI is InChI=1S/C19H31N3O3.HI/c1-20-19(21-11-4-12-25-18-9-13-24-14-10-18)22(2)15-16-5-7-17(23-3)8-6-16;/h5-8,18H,4,9-15H2,1-3H3,(H,20,21);1H. The summed E-state index contributed by atoms with van der Waals surface area (Å²) in [6.45, 7) is 4.07. The van der Waals surface area contributed by atoms with E-state index in [2.05, 4.69) is 27.3 Å². The predicted octanol–water partition coefficient (Wildman–Crippen LogP) is 2.91. The molecule has 1 aromatic rings. The molecule has 1 aliphatic heterocycles. The third-order valence-corrected chi connectivity index (χ3v) is 4.28. The van der Waals surface area contributed by atoms with Crippen molar-refractivity contribution < 1.29 is 14.2 Å². The van der Waals surface area contributed by atoms with E-state index in [0.29, 0.717) is 6.10 Å². The molecular weight excluding hydrogens is 445 g/mol. The van der Waals surface area contributed by atoms with Gasteiger partial charge in [0.05, 0.1) is 13.2 Å². The second kappa shape index (κ2) is 13.2. The number of methoxy groups -OCH3 is 1. The fourth-order valence-corrected chi connectivity index (χ4v) is 2.83. The van der Waals surface area contributed by atoms with E-state index in [9.17, 15) is 0 Å². The number of aliphatic imine (C=N–C) groups is 1. The van der Waals surface area contributed by atoms with Gasteiger partial charge in [0.2, 0.25) is 0 Å². The summed E-state index contributed by atoms with van der Waals surface area (Å²) in [5, 5.41) is 3.40. The van der Waals surface area contributed by atoms with Crippen LogP contribution in [0.2, 0.25) is 0 Å². The van der Waals surface area contributed by atoms with Crippen LogP contribution in [0.4, 0.5) is 0 Å². The molecule has 0 aliphatic carbocycles. The number of rotatable bonds is 8. The van der Waals surface area contributed by atoms with Crippen molar-refractivity contribution in [1.82, 2.24) is 10.2 Å². The van der Waals surface area contributed by atoms with Gasteiger partial charge in [-0.3, -0.25) is 4.99 Å². The normalized spacial score (nSPS) is 15.3. The maximum Gasteiger partial charge on any atom is 0.193 e. The summed E-state index contributed by atoms with van der Waals surface area (Å²) >= 11 is 0. The van der Waals surface area contributed by atoms with E-state index in [-0.39, 0.29) is 24.0 Å². The molecule has 6 nitrogen and oxygen atoms in total. The van der Waals surface area contributed by atoms with E-state index >= 15 is 0 Å². The fraction of sp³-hybridized carbons (Fsp3) is 0.632. The first-order valence-electron chi connectivity index (χ1n) is 8.97. The zero-order valence-electron chi connectivity index (χ0n) is 16.1. The number of guanidine groups is 1. The Morgan fingerprint density at radius 2 is 1.96 bits per heavy atom. The lowest BCUT2D eigenvalue weighted by Gasteiger charge is -2.24. The first-order valence-corrected chi connectivity index (χ1v) is 8.97. The van der Waals surface area contributed by atoms with Crippen molar-refractivity contribution in [1.29, 1.82) is 0 Å². The van der Waals surface area contributed by atoms with Gasteiger partial charge in [0.25, 0.3) is 0 Å². The van der Waals surface area contributed by atoms with Crippen LogP contribution < -0.4 is 10.1 Å². The molecule has 0 radical (unpaired) electrons. The van der Waals surface area contributed by atoms with Crippen molar-refractivity contribution in [3.05, 3.63) is 29.8 Å². The Morgan fingerprint density at radius 1 is 1.27 bits per heavy atom. The molecule has 0 unspecified atom stereocenters. The van der Waals surface area contributed by atoms with Crippen LogP contribution in [0.3, 0.4) is 0 Å². The Morgan fingerprint density at radius 3 is 2.58 bits per heavy atom. The van der Waals surface area contributed by atoms with E-state index in [1.54, 1.807) is 7.11 Å². The lowest BCUT2D eigenvalue weighted by Crippen LogP contribution is -2.39. The van der Waals surface area contributed by atoms with E-state index < -0.39 is 0 Å². The van der Waals surface area contributed by atoms with Gasteiger partial charge in [-0.1, -0.05) is 12.1 Å². The van der Waals surface area contributed by atoms with Gasteiger partial charge in [0, 0.05) is 47.0 Å². The number of halogens is 1. The molecule has 0 saturated carbocycles. The number of benzene rings is 1. The van der Waals surface area contributed by atoms with Crippen LogP contribution in [0.5, 0.6) is 5.75 Å². The van der Waals surface area contributed by atoms with Crippen molar-refractivity contribution >= 4 is 29.9 Å². The van der Waals surface area contributed by atoms with Crippen molar-refractivity contribution in [2.45, 2.75) is 31.9 Å². The summed E-state index contributed by atoms with van der Waals surface area (Å²) in [6, 6.07) is 8.11. The van der Waals surface area contributed by atoms with E-state index in [1.165, 1.54) is 5.56 Å². The average molecular weight is 477 g/mol. The summed E-state index contributed by atoms with van der Waals surface area (Å²) in [5.41, 5.74) is 1.22. The van der Waals surface area contributed by atoms with Crippen LogP contribution in [-0.2, 0) is 16.0 Å². The minimum Gasteiger partial charge on any atom is -0.497 e. The molecule has 26 heavy (non-hydrogen) atoms. The number of hydrogen-bond donors (Lipinski definition) is 1. The summed E-state index contributed by atoms with van der Waals surface area (Å²) in [7, 11) is 5.53. The smallest absolute Gasteiger partial charge is 0.193 e. The van der Waals surface area contributed by atoms with Crippen molar-refractivity contribution in [3.63, 3.8) is 0 Å². The van der Waals surface area contributed by atoms with Crippen molar-refractivity contribution in [3.8, 4) is 5.75 Å². The van der Waals surface area contributed by atoms with E-state index in [4.69, 9.17) is 14.2 Å².